The lowest BCUT2D eigenvalue weighted by Crippen LogP contribution is -2.10. The minimum atomic E-state index is -0.586. The summed E-state index contributed by atoms with van der Waals surface area (Å²) in [4.78, 5) is 11.1. The molecule has 0 aliphatic carbocycles. The van der Waals surface area contributed by atoms with Gasteiger partial charge in [-0.2, -0.15) is 0 Å². The van der Waals surface area contributed by atoms with Crippen LogP contribution in [0.2, 0.25) is 0 Å². The van der Waals surface area contributed by atoms with Gasteiger partial charge in [-0.25, -0.2) is 4.39 Å². The lowest BCUT2D eigenvalue weighted by atomic mass is 10.2. The van der Waals surface area contributed by atoms with Gasteiger partial charge in [0.15, 0.2) is 0 Å². The van der Waals surface area contributed by atoms with Gasteiger partial charge in [-0.1, -0.05) is 6.07 Å². The van der Waals surface area contributed by atoms with Crippen LogP contribution in [0.3, 0.4) is 0 Å². The van der Waals surface area contributed by atoms with Gasteiger partial charge in [0, 0.05) is 20.2 Å². The average molecular weight is 210 g/mol. The monoisotopic (exact) mass is 210 g/mol. The summed E-state index contributed by atoms with van der Waals surface area (Å²) in [5, 5.41) is 10.0. The minimum absolute atomic E-state index is 0.398. The van der Waals surface area contributed by atoms with Crippen LogP contribution in [0.1, 0.15) is 5.56 Å². The van der Waals surface area contributed by atoms with E-state index in [4.69, 9.17) is 0 Å². The van der Waals surface area contributed by atoms with Gasteiger partial charge < -0.3 is 4.90 Å². The summed E-state index contributed by atoms with van der Waals surface area (Å²) in [7, 11) is 3.45. The maximum atomic E-state index is 13.4. The van der Waals surface area contributed by atoms with E-state index in [1.807, 2.05) is 0 Å². The van der Waals surface area contributed by atoms with E-state index in [0.717, 1.165) is 6.20 Å². The van der Waals surface area contributed by atoms with Crippen LogP contribution in [0.5, 0.6) is 0 Å². The lowest BCUT2D eigenvalue weighted by Gasteiger charge is -2.13. The Morgan fingerprint density at radius 2 is 2.13 bits per heavy atom. The molecule has 4 nitrogen and oxygen atoms in total. The number of rotatable bonds is 3. The molecular weight excluding hydrogens is 199 g/mol. The van der Waals surface area contributed by atoms with Crippen LogP contribution < -0.4 is 4.90 Å². The second kappa shape index (κ2) is 4.54. The smallest absolute Gasteiger partial charge is 0.235 e. The summed E-state index contributed by atoms with van der Waals surface area (Å²) in [6.07, 6.45) is 2.03. The van der Waals surface area contributed by atoms with E-state index in [-0.39, 0.29) is 0 Å². The molecule has 0 aromatic heterocycles. The fourth-order valence-electron chi connectivity index (χ4n) is 1.14. The van der Waals surface area contributed by atoms with Gasteiger partial charge in [-0.3, -0.25) is 10.1 Å². The first-order valence-corrected chi connectivity index (χ1v) is 4.29. The summed E-state index contributed by atoms with van der Waals surface area (Å²) in [6, 6.07) is 4.46. The molecule has 1 aromatic carbocycles. The molecule has 1 rings (SSSR count). The van der Waals surface area contributed by atoms with Crippen LogP contribution in [0, 0.1) is 15.9 Å². The van der Waals surface area contributed by atoms with Gasteiger partial charge in [-0.05, 0) is 17.7 Å². The summed E-state index contributed by atoms with van der Waals surface area (Å²) < 4.78 is 13.4. The summed E-state index contributed by atoms with van der Waals surface area (Å²) in [5.41, 5.74) is 0.919. The Bertz CT molecular complexity index is 402. The third-order valence-electron chi connectivity index (χ3n) is 1.84. The molecule has 0 heterocycles. The van der Waals surface area contributed by atoms with E-state index in [1.165, 1.54) is 12.1 Å². The SMILES string of the molecule is CN(C)c1ccc(/C=C/[N+](=O)[O-])cc1F. The molecule has 0 saturated heterocycles. The van der Waals surface area contributed by atoms with E-state index in [0.29, 0.717) is 11.3 Å². The number of anilines is 1. The molecule has 0 radical (unpaired) electrons. The number of hydrogen-bond acceptors (Lipinski definition) is 3. The first kappa shape index (κ1) is 11.2. The van der Waals surface area contributed by atoms with Gasteiger partial charge in [0.1, 0.15) is 5.82 Å². The predicted octanol–water partition coefficient (Wildman–Crippen LogP) is 2.14. The molecule has 0 fully saturated rings. The third-order valence-corrected chi connectivity index (χ3v) is 1.84. The number of halogens is 1. The van der Waals surface area contributed by atoms with Crippen molar-refractivity contribution in [2.45, 2.75) is 0 Å². The third kappa shape index (κ3) is 3.05. The molecule has 0 bridgehead atoms. The maximum absolute atomic E-state index is 13.4. The Morgan fingerprint density at radius 1 is 1.47 bits per heavy atom. The van der Waals surface area contributed by atoms with Crippen molar-refractivity contribution in [3.63, 3.8) is 0 Å². The van der Waals surface area contributed by atoms with Gasteiger partial charge >= 0.3 is 0 Å². The van der Waals surface area contributed by atoms with E-state index < -0.39 is 10.7 Å². The molecule has 15 heavy (non-hydrogen) atoms. The van der Waals surface area contributed by atoms with Crippen LogP contribution in [-0.4, -0.2) is 19.0 Å². The molecular formula is C10H11FN2O2. The first-order valence-electron chi connectivity index (χ1n) is 4.29. The Labute approximate surface area is 86.8 Å². The zero-order valence-electron chi connectivity index (χ0n) is 8.48. The van der Waals surface area contributed by atoms with Gasteiger partial charge in [0.25, 0.3) is 0 Å². The van der Waals surface area contributed by atoms with Crippen molar-refractivity contribution in [1.29, 1.82) is 0 Å². The van der Waals surface area contributed by atoms with Gasteiger partial charge in [-0.15, -0.1) is 0 Å². The molecule has 1 aromatic rings. The highest BCUT2D eigenvalue weighted by molar-refractivity contribution is 5.55. The standard InChI is InChI=1S/C10H11FN2O2/c1-12(2)10-4-3-8(7-9(10)11)5-6-13(14)15/h3-7H,1-2H3/b6-5+. The van der Waals surface area contributed by atoms with Crippen LogP contribution in [0.25, 0.3) is 6.08 Å². The molecule has 5 heteroatoms. The van der Waals surface area contributed by atoms with Crippen LogP contribution >= 0.6 is 0 Å². The molecule has 0 N–H and O–H groups in total. The number of nitrogens with zero attached hydrogens (tertiary/aromatic N) is 2. The summed E-state index contributed by atoms with van der Waals surface area (Å²) in [6.45, 7) is 0. The Kier molecular flexibility index (Phi) is 3.38. The molecule has 0 unspecified atom stereocenters. The fraction of sp³-hybridized carbons (Fsp3) is 0.200. The van der Waals surface area contributed by atoms with E-state index in [9.17, 15) is 14.5 Å². The van der Waals surface area contributed by atoms with Gasteiger partial charge in [0.2, 0.25) is 6.20 Å². The second-order valence-corrected chi connectivity index (χ2v) is 3.21. The highest BCUT2D eigenvalue weighted by atomic mass is 19.1. The second-order valence-electron chi connectivity index (χ2n) is 3.21. The van der Waals surface area contributed by atoms with E-state index >= 15 is 0 Å². The summed E-state index contributed by atoms with van der Waals surface area (Å²) >= 11 is 0. The van der Waals surface area contributed by atoms with Crippen LogP contribution in [-0.2, 0) is 0 Å². The lowest BCUT2D eigenvalue weighted by molar-refractivity contribution is -0.400. The van der Waals surface area contributed by atoms with Crippen molar-refractivity contribution in [1.82, 2.24) is 0 Å². The molecule has 0 saturated carbocycles. The normalized spacial score (nSPS) is 10.6. The van der Waals surface area contributed by atoms with Crippen molar-refractivity contribution >= 4 is 11.8 Å². The number of nitro groups is 1. The first-order chi connectivity index (χ1) is 7.00. The van der Waals surface area contributed by atoms with E-state index in [1.54, 1.807) is 31.1 Å². The predicted molar refractivity (Wildman–Crippen MR) is 56.8 cm³/mol. The molecule has 0 atom stereocenters. The van der Waals surface area contributed by atoms with Crippen molar-refractivity contribution in [3.05, 3.63) is 45.9 Å². The molecule has 0 aliphatic heterocycles. The topological polar surface area (TPSA) is 46.4 Å². The Balaban J connectivity index is 2.96. The largest absolute Gasteiger partial charge is 0.375 e. The van der Waals surface area contributed by atoms with E-state index in [2.05, 4.69) is 0 Å². The van der Waals surface area contributed by atoms with Crippen LogP contribution in [0.4, 0.5) is 10.1 Å². The molecule has 0 aliphatic rings. The Hall–Kier alpha value is -1.91. The maximum Gasteiger partial charge on any atom is 0.235 e. The van der Waals surface area contributed by atoms with Crippen LogP contribution in [0.15, 0.2) is 24.4 Å². The van der Waals surface area contributed by atoms with Crippen molar-refractivity contribution in [2.75, 3.05) is 19.0 Å². The number of hydrogen-bond donors (Lipinski definition) is 0. The Morgan fingerprint density at radius 3 is 2.60 bits per heavy atom. The molecule has 0 spiro atoms. The average Bonchev–Trinajstić information content (AvgIpc) is 2.14. The molecule has 80 valence electrons. The summed E-state index contributed by atoms with van der Waals surface area (Å²) in [5.74, 6) is -0.398. The zero-order chi connectivity index (χ0) is 11.4. The fourth-order valence-corrected chi connectivity index (χ4v) is 1.14. The molecule has 0 amide bonds. The van der Waals surface area contributed by atoms with Gasteiger partial charge in [0.05, 0.1) is 10.6 Å². The highest BCUT2D eigenvalue weighted by Gasteiger charge is 2.04. The van der Waals surface area contributed by atoms with Crippen molar-refractivity contribution in [2.24, 2.45) is 0 Å². The quantitative estimate of drug-likeness (QED) is 0.567. The minimum Gasteiger partial charge on any atom is -0.375 e. The van der Waals surface area contributed by atoms with Crippen molar-refractivity contribution < 1.29 is 9.31 Å². The highest BCUT2D eigenvalue weighted by Crippen LogP contribution is 2.18. The zero-order valence-corrected chi connectivity index (χ0v) is 8.48. The number of benzene rings is 1. The van der Waals surface area contributed by atoms with Crippen molar-refractivity contribution in [3.8, 4) is 0 Å².